The first-order chi connectivity index (χ1) is 5.91. The number of hydrogen-bond acceptors (Lipinski definition) is 6. The van der Waals surface area contributed by atoms with Crippen LogP contribution in [0.3, 0.4) is 0 Å². The zero-order valence-corrected chi connectivity index (χ0v) is 6.66. The summed E-state index contributed by atoms with van der Waals surface area (Å²) in [7, 11) is 0. The molecule has 0 fully saturated rings. The molecule has 0 aromatic heterocycles. The van der Waals surface area contributed by atoms with Crippen molar-refractivity contribution in [2.75, 3.05) is 6.61 Å². The summed E-state index contributed by atoms with van der Waals surface area (Å²) in [6, 6.07) is 0. The van der Waals surface area contributed by atoms with E-state index in [1.54, 1.807) is 0 Å². The van der Waals surface area contributed by atoms with Crippen molar-refractivity contribution >= 4 is 0 Å². The number of alkyl halides is 1. The number of hydrogen-bond donors (Lipinski definition) is 6. The van der Waals surface area contributed by atoms with Gasteiger partial charge in [0, 0.05) is 0 Å². The van der Waals surface area contributed by atoms with Crippen molar-refractivity contribution < 1.29 is 35.0 Å². The lowest BCUT2D eigenvalue weighted by atomic mass is 10.0. The summed E-state index contributed by atoms with van der Waals surface area (Å²) in [6.07, 6.45) is -10.7. The minimum absolute atomic E-state index is 0.854. The monoisotopic (exact) mass is 200 g/mol. The maximum atomic E-state index is 12.0. The van der Waals surface area contributed by atoms with Gasteiger partial charge in [-0.25, -0.2) is 4.39 Å². The molecule has 0 aromatic rings. The van der Waals surface area contributed by atoms with Crippen LogP contribution in [0.4, 0.5) is 4.39 Å². The second-order valence-electron chi connectivity index (χ2n) is 2.59. The van der Waals surface area contributed by atoms with Crippen LogP contribution in [0.5, 0.6) is 0 Å². The Balaban J connectivity index is 4.15. The van der Waals surface area contributed by atoms with Crippen LogP contribution in [0.2, 0.25) is 0 Å². The van der Waals surface area contributed by atoms with Gasteiger partial charge in [0.15, 0.2) is 0 Å². The largest absolute Gasteiger partial charge is 0.394 e. The van der Waals surface area contributed by atoms with Crippen molar-refractivity contribution in [2.24, 2.45) is 0 Å². The van der Waals surface area contributed by atoms with E-state index in [0.29, 0.717) is 0 Å². The average molecular weight is 200 g/mol. The summed E-state index contributed by atoms with van der Waals surface area (Å²) in [6.45, 7) is -0.854. The second kappa shape index (κ2) is 5.43. The maximum absolute atomic E-state index is 12.0. The molecule has 5 atom stereocenters. The SMILES string of the molecule is OC[C@@H](O)[C@@H](O)[C@@H](O)[C@@H](O)C(O)F. The molecule has 0 rings (SSSR count). The third-order valence-electron chi connectivity index (χ3n) is 1.56. The molecule has 0 aliphatic heterocycles. The van der Waals surface area contributed by atoms with Gasteiger partial charge in [0.05, 0.1) is 6.61 Å². The third kappa shape index (κ3) is 3.51. The van der Waals surface area contributed by atoms with Crippen LogP contribution in [0.1, 0.15) is 0 Å². The molecule has 1 unspecified atom stereocenters. The van der Waals surface area contributed by atoms with Crippen molar-refractivity contribution in [3.05, 3.63) is 0 Å². The van der Waals surface area contributed by atoms with E-state index in [2.05, 4.69) is 0 Å². The molecule has 6 nitrogen and oxygen atoms in total. The molecule has 0 bridgehead atoms. The van der Waals surface area contributed by atoms with E-state index in [1.165, 1.54) is 0 Å². The van der Waals surface area contributed by atoms with Crippen molar-refractivity contribution in [1.82, 2.24) is 0 Å². The molecule has 0 radical (unpaired) electrons. The predicted octanol–water partition coefficient (Wildman–Crippen LogP) is -3.29. The van der Waals surface area contributed by atoms with Crippen molar-refractivity contribution in [1.29, 1.82) is 0 Å². The van der Waals surface area contributed by atoms with Crippen LogP contribution in [-0.2, 0) is 0 Å². The summed E-state index contributed by atoms with van der Waals surface area (Å²) in [5.41, 5.74) is 0. The standard InChI is InChI=1S/C6H13FO6/c7-6(13)5(12)4(11)3(10)2(9)1-8/h2-6,8-13H,1H2/t2-,3-,4-,5-,6?/m1/s1. The van der Waals surface area contributed by atoms with Crippen LogP contribution in [0, 0.1) is 0 Å². The summed E-state index contributed by atoms with van der Waals surface area (Å²) < 4.78 is 12.0. The topological polar surface area (TPSA) is 121 Å². The zero-order valence-electron chi connectivity index (χ0n) is 6.66. The van der Waals surface area contributed by atoms with Crippen LogP contribution in [0.25, 0.3) is 0 Å². The van der Waals surface area contributed by atoms with Gasteiger partial charge in [0.1, 0.15) is 24.4 Å². The summed E-state index contributed by atoms with van der Waals surface area (Å²) >= 11 is 0. The molecule has 0 aliphatic carbocycles. The van der Waals surface area contributed by atoms with Gasteiger partial charge in [-0.2, -0.15) is 0 Å². The fraction of sp³-hybridized carbons (Fsp3) is 1.00. The summed E-state index contributed by atoms with van der Waals surface area (Å²) in [5.74, 6) is 0. The highest BCUT2D eigenvalue weighted by Gasteiger charge is 2.33. The predicted molar refractivity (Wildman–Crippen MR) is 38.2 cm³/mol. The van der Waals surface area contributed by atoms with E-state index in [1.807, 2.05) is 0 Å². The molecular formula is C6H13FO6. The Kier molecular flexibility index (Phi) is 5.30. The number of aliphatic hydroxyl groups excluding tert-OH is 6. The molecule has 0 saturated carbocycles. The van der Waals surface area contributed by atoms with Crippen LogP contribution in [-0.4, -0.2) is 68.0 Å². The lowest BCUT2D eigenvalue weighted by Gasteiger charge is -2.25. The first-order valence-corrected chi connectivity index (χ1v) is 3.57. The fourth-order valence-electron chi connectivity index (χ4n) is 0.700. The van der Waals surface area contributed by atoms with Crippen molar-refractivity contribution in [2.45, 2.75) is 30.8 Å². The Labute approximate surface area is 73.5 Å². The van der Waals surface area contributed by atoms with Crippen LogP contribution in [0.15, 0.2) is 0 Å². The lowest BCUT2D eigenvalue weighted by molar-refractivity contribution is -0.165. The molecule has 6 N–H and O–H groups in total. The van der Waals surface area contributed by atoms with Gasteiger partial charge in [0.25, 0.3) is 0 Å². The summed E-state index contributed by atoms with van der Waals surface area (Å²) in [5, 5.41) is 51.7. The Bertz CT molecular complexity index is 143. The van der Waals surface area contributed by atoms with Crippen LogP contribution >= 0.6 is 0 Å². The molecule has 0 saturated heterocycles. The van der Waals surface area contributed by atoms with E-state index in [9.17, 15) is 4.39 Å². The Morgan fingerprint density at radius 3 is 1.62 bits per heavy atom. The van der Waals surface area contributed by atoms with Gasteiger partial charge in [0.2, 0.25) is 6.36 Å². The number of halogens is 1. The number of rotatable bonds is 5. The van der Waals surface area contributed by atoms with Gasteiger partial charge in [-0.05, 0) is 0 Å². The molecular weight excluding hydrogens is 187 g/mol. The Morgan fingerprint density at radius 2 is 1.31 bits per heavy atom. The third-order valence-corrected chi connectivity index (χ3v) is 1.56. The van der Waals surface area contributed by atoms with Gasteiger partial charge in [-0.15, -0.1) is 0 Å². The molecule has 7 heteroatoms. The smallest absolute Gasteiger partial charge is 0.225 e. The van der Waals surface area contributed by atoms with E-state index < -0.39 is 37.4 Å². The normalized spacial score (nSPS) is 23.3. The molecule has 13 heavy (non-hydrogen) atoms. The minimum atomic E-state index is -2.73. The van der Waals surface area contributed by atoms with E-state index in [-0.39, 0.29) is 0 Å². The fourth-order valence-corrected chi connectivity index (χ4v) is 0.700. The first-order valence-electron chi connectivity index (χ1n) is 3.57. The van der Waals surface area contributed by atoms with Gasteiger partial charge in [-0.1, -0.05) is 0 Å². The van der Waals surface area contributed by atoms with Crippen LogP contribution < -0.4 is 0 Å². The molecule has 0 aliphatic rings. The lowest BCUT2D eigenvalue weighted by Crippen LogP contribution is -2.49. The molecule has 0 heterocycles. The second-order valence-corrected chi connectivity index (χ2v) is 2.59. The zero-order chi connectivity index (χ0) is 10.6. The average Bonchev–Trinajstić information content (AvgIpc) is 2.12. The maximum Gasteiger partial charge on any atom is 0.225 e. The first kappa shape index (κ1) is 12.7. The van der Waals surface area contributed by atoms with E-state index in [0.717, 1.165) is 0 Å². The highest BCUT2D eigenvalue weighted by Crippen LogP contribution is 2.08. The van der Waals surface area contributed by atoms with Gasteiger partial charge in [-0.3, -0.25) is 0 Å². The molecule has 0 amide bonds. The highest BCUT2D eigenvalue weighted by atomic mass is 19.1. The molecule has 0 aromatic carbocycles. The van der Waals surface area contributed by atoms with E-state index >= 15 is 0 Å². The van der Waals surface area contributed by atoms with Gasteiger partial charge < -0.3 is 30.6 Å². The number of aliphatic hydroxyl groups is 6. The van der Waals surface area contributed by atoms with Crippen molar-refractivity contribution in [3.63, 3.8) is 0 Å². The Morgan fingerprint density at radius 1 is 0.846 bits per heavy atom. The molecule has 80 valence electrons. The summed E-state index contributed by atoms with van der Waals surface area (Å²) in [4.78, 5) is 0. The molecule has 0 spiro atoms. The minimum Gasteiger partial charge on any atom is -0.394 e. The Hall–Kier alpha value is -0.310. The quantitative estimate of drug-likeness (QED) is 0.276. The van der Waals surface area contributed by atoms with Crippen molar-refractivity contribution in [3.8, 4) is 0 Å². The highest BCUT2D eigenvalue weighted by molar-refractivity contribution is 4.81. The van der Waals surface area contributed by atoms with E-state index in [4.69, 9.17) is 30.6 Å². The van der Waals surface area contributed by atoms with Gasteiger partial charge >= 0.3 is 0 Å².